The molecule has 3 aromatic rings. The Morgan fingerprint density at radius 2 is 2.11 bits per heavy atom. The van der Waals surface area contributed by atoms with Gasteiger partial charge in [0.15, 0.2) is 0 Å². The van der Waals surface area contributed by atoms with E-state index in [4.69, 9.17) is 0 Å². The van der Waals surface area contributed by atoms with E-state index in [1.165, 1.54) is 6.33 Å². The van der Waals surface area contributed by atoms with Crippen molar-refractivity contribution in [1.82, 2.24) is 35.0 Å². The summed E-state index contributed by atoms with van der Waals surface area (Å²) < 4.78 is 1.66. The number of rotatable bonds is 7. The molecule has 0 unspecified atom stereocenters. The minimum absolute atomic E-state index is 0.0379. The average Bonchev–Trinajstić information content (AvgIpc) is 3.39. The monoisotopic (exact) mass is 378 g/mol. The first kappa shape index (κ1) is 18.0. The van der Waals surface area contributed by atoms with E-state index in [0.29, 0.717) is 18.9 Å². The second-order valence-electron chi connectivity index (χ2n) is 6.83. The van der Waals surface area contributed by atoms with Gasteiger partial charge in [-0.3, -0.25) is 14.5 Å². The molecule has 1 aliphatic rings. The molecule has 0 aliphatic heterocycles. The van der Waals surface area contributed by atoms with Crippen LogP contribution in [0.5, 0.6) is 0 Å². The van der Waals surface area contributed by atoms with Crippen LogP contribution in [0, 0.1) is 0 Å². The van der Waals surface area contributed by atoms with Gasteiger partial charge < -0.3 is 10.6 Å². The van der Waals surface area contributed by atoms with Gasteiger partial charge in [-0.1, -0.05) is 0 Å². The van der Waals surface area contributed by atoms with Crippen molar-refractivity contribution in [3.05, 3.63) is 49.4 Å². The summed E-state index contributed by atoms with van der Waals surface area (Å²) in [7, 11) is 0. The van der Waals surface area contributed by atoms with Crippen LogP contribution in [0.15, 0.2) is 49.4 Å². The fourth-order valence-corrected chi connectivity index (χ4v) is 3.39. The summed E-state index contributed by atoms with van der Waals surface area (Å²) in [5, 5.41) is 10.5. The summed E-state index contributed by atoms with van der Waals surface area (Å²) in [5.74, 6) is 0.639. The lowest BCUT2D eigenvalue weighted by atomic mass is 10.2. The van der Waals surface area contributed by atoms with Crippen LogP contribution >= 0.6 is 0 Å². The van der Waals surface area contributed by atoms with Gasteiger partial charge >= 0.3 is 0 Å². The van der Waals surface area contributed by atoms with Gasteiger partial charge in [-0.05, 0) is 37.5 Å². The van der Waals surface area contributed by atoms with E-state index in [2.05, 4.69) is 35.7 Å². The second-order valence-corrected chi connectivity index (χ2v) is 6.83. The fourth-order valence-electron chi connectivity index (χ4n) is 3.39. The Morgan fingerprint density at radius 1 is 1.18 bits per heavy atom. The van der Waals surface area contributed by atoms with E-state index >= 15 is 0 Å². The number of nitrogens with one attached hydrogen (secondary N) is 2. The predicted octanol–water partition coefficient (Wildman–Crippen LogP) is 1.67. The number of nitrogens with zero attached hydrogens (tertiary/aromatic N) is 6. The zero-order valence-electron chi connectivity index (χ0n) is 15.4. The van der Waals surface area contributed by atoms with Crippen molar-refractivity contribution >= 4 is 11.9 Å². The molecule has 0 radical (unpaired) electrons. The molecule has 0 aromatic carbocycles. The molecule has 3 heterocycles. The van der Waals surface area contributed by atoms with Crippen molar-refractivity contribution in [3.63, 3.8) is 0 Å². The maximum atomic E-state index is 12.1. The Morgan fingerprint density at radius 3 is 2.93 bits per heavy atom. The van der Waals surface area contributed by atoms with Crippen molar-refractivity contribution in [2.45, 2.75) is 44.3 Å². The molecule has 2 N–H and O–H groups in total. The molecule has 28 heavy (non-hydrogen) atoms. The Hall–Kier alpha value is -3.36. The van der Waals surface area contributed by atoms with Gasteiger partial charge in [0.05, 0.1) is 12.2 Å². The SMILES string of the molecule is O=C(CCn1cncn1)N[C@H]1CC[C@H](Nc2nccc(-c3cccnc3)n2)C1. The third-order valence-corrected chi connectivity index (χ3v) is 4.78. The van der Waals surface area contributed by atoms with Gasteiger partial charge in [0.25, 0.3) is 0 Å². The van der Waals surface area contributed by atoms with E-state index in [9.17, 15) is 4.79 Å². The molecule has 9 heteroatoms. The lowest BCUT2D eigenvalue weighted by Gasteiger charge is -2.15. The number of pyridine rings is 1. The van der Waals surface area contributed by atoms with Gasteiger partial charge in [-0.25, -0.2) is 15.0 Å². The van der Waals surface area contributed by atoms with Crippen LogP contribution in [0.25, 0.3) is 11.3 Å². The van der Waals surface area contributed by atoms with Crippen molar-refractivity contribution in [1.29, 1.82) is 0 Å². The zero-order valence-corrected chi connectivity index (χ0v) is 15.4. The molecule has 9 nitrogen and oxygen atoms in total. The summed E-state index contributed by atoms with van der Waals surface area (Å²) in [4.78, 5) is 29.1. The Bertz CT molecular complexity index is 899. The van der Waals surface area contributed by atoms with E-state index < -0.39 is 0 Å². The predicted molar refractivity (Wildman–Crippen MR) is 103 cm³/mol. The summed E-state index contributed by atoms with van der Waals surface area (Å²) >= 11 is 0. The lowest BCUT2D eigenvalue weighted by molar-refractivity contribution is -0.122. The van der Waals surface area contributed by atoms with E-state index in [1.54, 1.807) is 29.6 Å². The van der Waals surface area contributed by atoms with E-state index in [1.807, 2.05) is 18.2 Å². The molecule has 1 saturated carbocycles. The number of aryl methyl sites for hydroxylation is 1. The van der Waals surface area contributed by atoms with Crippen LogP contribution in [0.3, 0.4) is 0 Å². The van der Waals surface area contributed by atoms with Crippen LogP contribution in [0.4, 0.5) is 5.95 Å². The summed E-state index contributed by atoms with van der Waals surface area (Å²) in [6.07, 6.45) is 11.5. The molecule has 0 bridgehead atoms. The highest BCUT2D eigenvalue weighted by Gasteiger charge is 2.26. The Labute approximate surface area is 162 Å². The van der Waals surface area contributed by atoms with Crippen LogP contribution in [-0.2, 0) is 11.3 Å². The Balaban J connectivity index is 1.27. The zero-order chi connectivity index (χ0) is 19.2. The number of carbonyl (C=O) groups excluding carboxylic acids is 1. The van der Waals surface area contributed by atoms with Crippen molar-refractivity contribution in [2.75, 3.05) is 5.32 Å². The van der Waals surface area contributed by atoms with Crippen LogP contribution in [0.2, 0.25) is 0 Å². The number of hydrogen-bond donors (Lipinski definition) is 2. The molecule has 3 aromatic heterocycles. The van der Waals surface area contributed by atoms with Crippen LogP contribution < -0.4 is 10.6 Å². The van der Waals surface area contributed by atoms with Gasteiger partial charge in [-0.2, -0.15) is 5.10 Å². The summed E-state index contributed by atoms with van der Waals surface area (Å²) in [5.41, 5.74) is 1.79. The molecular formula is C19H22N8O. The maximum Gasteiger partial charge on any atom is 0.223 e. The maximum absolute atomic E-state index is 12.1. The number of anilines is 1. The van der Waals surface area contributed by atoms with Crippen LogP contribution in [-0.4, -0.2) is 47.7 Å². The molecule has 1 fully saturated rings. The number of aromatic nitrogens is 6. The standard InChI is InChI=1S/C19H22N8O/c28-18(6-9-27-13-21-12-23-27)24-15-3-4-16(10-15)25-19-22-8-5-17(26-19)14-2-1-7-20-11-14/h1-2,5,7-8,11-13,15-16H,3-4,6,9-10H2,(H,24,28)(H,22,25,26)/t15-,16-/m0/s1. The average molecular weight is 378 g/mol. The van der Waals surface area contributed by atoms with Gasteiger partial charge in [-0.15, -0.1) is 0 Å². The highest BCUT2D eigenvalue weighted by Crippen LogP contribution is 2.23. The summed E-state index contributed by atoms with van der Waals surface area (Å²) in [6, 6.07) is 6.14. The summed E-state index contributed by atoms with van der Waals surface area (Å²) in [6.45, 7) is 0.537. The van der Waals surface area contributed by atoms with Gasteiger partial charge in [0.1, 0.15) is 12.7 Å². The van der Waals surface area contributed by atoms with E-state index in [-0.39, 0.29) is 18.0 Å². The first-order valence-electron chi connectivity index (χ1n) is 9.38. The molecule has 1 amide bonds. The van der Waals surface area contributed by atoms with Gasteiger partial charge in [0.2, 0.25) is 11.9 Å². The highest BCUT2D eigenvalue weighted by molar-refractivity contribution is 5.76. The number of amides is 1. The van der Waals surface area contributed by atoms with Crippen molar-refractivity contribution in [3.8, 4) is 11.3 Å². The first-order valence-corrected chi connectivity index (χ1v) is 9.38. The minimum Gasteiger partial charge on any atom is -0.353 e. The van der Waals surface area contributed by atoms with Crippen molar-refractivity contribution in [2.24, 2.45) is 0 Å². The lowest BCUT2D eigenvalue weighted by Crippen LogP contribution is -2.34. The van der Waals surface area contributed by atoms with Crippen molar-refractivity contribution < 1.29 is 4.79 Å². The number of hydrogen-bond acceptors (Lipinski definition) is 7. The molecule has 1 aliphatic carbocycles. The molecular weight excluding hydrogens is 356 g/mol. The second kappa shape index (κ2) is 8.55. The van der Waals surface area contributed by atoms with Crippen LogP contribution in [0.1, 0.15) is 25.7 Å². The highest BCUT2D eigenvalue weighted by atomic mass is 16.1. The molecule has 0 spiro atoms. The first-order chi connectivity index (χ1) is 13.8. The molecule has 4 rings (SSSR count). The quantitative estimate of drug-likeness (QED) is 0.643. The van der Waals surface area contributed by atoms with Gasteiger partial charge in [0, 0.05) is 42.7 Å². The fraction of sp³-hybridized carbons (Fsp3) is 0.368. The Kier molecular flexibility index (Phi) is 5.51. The third-order valence-electron chi connectivity index (χ3n) is 4.78. The molecule has 2 atom stereocenters. The number of carbonyl (C=O) groups is 1. The normalized spacial score (nSPS) is 18.7. The smallest absolute Gasteiger partial charge is 0.223 e. The molecule has 144 valence electrons. The largest absolute Gasteiger partial charge is 0.353 e. The third kappa shape index (κ3) is 4.67. The topological polar surface area (TPSA) is 111 Å². The van der Waals surface area contributed by atoms with E-state index in [0.717, 1.165) is 30.5 Å². The minimum atomic E-state index is 0.0379. The molecule has 0 saturated heterocycles.